The van der Waals surface area contributed by atoms with Crippen molar-refractivity contribution in [3.05, 3.63) is 57.3 Å². The molecule has 1 aromatic carbocycles. The molecule has 0 N–H and O–H groups in total. The van der Waals surface area contributed by atoms with Gasteiger partial charge in [-0.15, -0.1) is 11.3 Å². The Labute approximate surface area is 106 Å². The van der Waals surface area contributed by atoms with Gasteiger partial charge in [-0.1, -0.05) is 38.1 Å². The van der Waals surface area contributed by atoms with Gasteiger partial charge in [0.25, 0.3) is 0 Å². The maximum absolute atomic E-state index is 10.6. The summed E-state index contributed by atoms with van der Waals surface area (Å²) in [5, 5.41) is 2.06. The van der Waals surface area contributed by atoms with Gasteiger partial charge in [-0.2, -0.15) is 0 Å². The average molecular weight is 244 g/mol. The van der Waals surface area contributed by atoms with E-state index in [1.165, 1.54) is 28.0 Å². The van der Waals surface area contributed by atoms with Crippen molar-refractivity contribution in [3.8, 4) is 0 Å². The van der Waals surface area contributed by atoms with Crippen LogP contribution < -0.4 is 0 Å². The van der Waals surface area contributed by atoms with Gasteiger partial charge < -0.3 is 0 Å². The molecule has 2 aromatic rings. The normalized spacial score (nSPS) is 10.8. The molecule has 0 aliphatic rings. The molecule has 0 aliphatic carbocycles. The number of thiophene rings is 1. The first-order valence-electron chi connectivity index (χ1n) is 5.80. The van der Waals surface area contributed by atoms with E-state index in [2.05, 4.69) is 43.5 Å². The monoisotopic (exact) mass is 244 g/mol. The molecule has 17 heavy (non-hydrogen) atoms. The van der Waals surface area contributed by atoms with Gasteiger partial charge in [0.1, 0.15) is 0 Å². The van der Waals surface area contributed by atoms with E-state index in [9.17, 15) is 4.79 Å². The van der Waals surface area contributed by atoms with Gasteiger partial charge >= 0.3 is 0 Å². The zero-order chi connectivity index (χ0) is 12.3. The Morgan fingerprint density at radius 3 is 2.41 bits per heavy atom. The fraction of sp³-hybridized carbons (Fsp3) is 0.267. The summed E-state index contributed by atoms with van der Waals surface area (Å²) in [6, 6.07) is 10.7. The van der Waals surface area contributed by atoms with Crippen molar-refractivity contribution >= 4 is 17.6 Å². The third-order valence-electron chi connectivity index (χ3n) is 2.84. The molecule has 0 saturated carbocycles. The van der Waals surface area contributed by atoms with E-state index in [0.717, 1.165) is 17.6 Å². The third-order valence-corrected chi connectivity index (χ3v) is 3.75. The lowest BCUT2D eigenvalue weighted by Crippen LogP contribution is -1.89. The van der Waals surface area contributed by atoms with Crippen LogP contribution in [0.2, 0.25) is 0 Å². The van der Waals surface area contributed by atoms with Crippen LogP contribution in [0.4, 0.5) is 0 Å². The lowest BCUT2D eigenvalue weighted by atomic mass is 10.00. The van der Waals surface area contributed by atoms with E-state index in [1.54, 1.807) is 0 Å². The van der Waals surface area contributed by atoms with Gasteiger partial charge in [0.2, 0.25) is 0 Å². The highest BCUT2D eigenvalue weighted by Crippen LogP contribution is 2.19. The van der Waals surface area contributed by atoms with Crippen molar-refractivity contribution in [2.24, 2.45) is 0 Å². The maximum Gasteiger partial charge on any atom is 0.160 e. The van der Waals surface area contributed by atoms with Crippen LogP contribution in [0.25, 0.3) is 0 Å². The molecular weight excluding hydrogens is 228 g/mol. The van der Waals surface area contributed by atoms with Gasteiger partial charge in [0, 0.05) is 0 Å². The molecule has 0 radical (unpaired) electrons. The van der Waals surface area contributed by atoms with Crippen molar-refractivity contribution < 1.29 is 4.79 Å². The van der Waals surface area contributed by atoms with Crippen LogP contribution in [-0.2, 0) is 6.42 Å². The lowest BCUT2D eigenvalue weighted by molar-refractivity contribution is 0.112. The minimum atomic E-state index is 0.576. The minimum Gasteiger partial charge on any atom is -0.297 e. The van der Waals surface area contributed by atoms with E-state index in [0.29, 0.717) is 5.92 Å². The molecule has 0 aliphatic heterocycles. The summed E-state index contributed by atoms with van der Waals surface area (Å²) in [6.45, 7) is 4.40. The van der Waals surface area contributed by atoms with E-state index in [4.69, 9.17) is 0 Å². The smallest absolute Gasteiger partial charge is 0.160 e. The molecule has 0 saturated heterocycles. The van der Waals surface area contributed by atoms with Gasteiger partial charge in [0.05, 0.1) is 4.88 Å². The van der Waals surface area contributed by atoms with Crippen LogP contribution >= 0.6 is 11.3 Å². The molecule has 0 amide bonds. The Morgan fingerprint density at radius 2 is 1.88 bits per heavy atom. The van der Waals surface area contributed by atoms with Crippen molar-refractivity contribution in [2.75, 3.05) is 0 Å². The fourth-order valence-corrected chi connectivity index (χ4v) is 2.52. The molecule has 2 heteroatoms. The molecular formula is C15H16OS. The van der Waals surface area contributed by atoms with Crippen LogP contribution in [0.15, 0.2) is 35.7 Å². The predicted molar refractivity (Wildman–Crippen MR) is 73.0 cm³/mol. The van der Waals surface area contributed by atoms with Crippen molar-refractivity contribution in [1.82, 2.24) is 0 Å². The first-order chi connectivity index (χ1) is 8.19. The average Bonchev–Trinajstić information content (AvgIpc) is 2.77. The van der Waals surface area contributed by atoms with Crippen LogP contribution in [0.5, 0.6) is 0 Å². The molecule has 0 atom stereocenters. The van der Waals surface area contributed by atoms with E-state index < -0.39 is 0 Å². The fourth-order valence-electron chi connectivity index (χ4n) is 1.81. The summed E-state index contributed by atoms with van der Waals surface area (Å²) >= 11 is 1.51. The number of hydrogen-bond donors (Lipinski definition) is 0. The van der Waals surface area contributed by atoms with Crippen LogP contribution in [0.1, 0.15) is 46.1 Å². The molecule has 0 bridgehead atoms. The number of carbonyl (C=O) groups excluding carboxylic acids is 1. The summed E-state index contributed by atoms with van der Waals surface area (Å²) in [5.41, 5.74) is 3.88. The molecule has 0 fully saturated rings. The van der Waals surface area contributed by atoms with Crippen molar-refractivity contribution in [1.29, 1.82) is 0 Å². The topological polar surface area (TPSA) is 17.1 Å². The summed E-state index contributed by atoms with van der Waals surface area (Å²) in [4.78, 5) is 11.4. The second-order valence-electron chi connectivity index (χ2n) is 4.55. The second kappa shape index (κ2) is 5.28. The van der Waals surface area contributed by atoms with E-state index >= 15 is 0 Å². The Hall–Kier alpha value is -1.41. The van der Waals surface area contributed by atoms with Crippen LogP contribution in [0, 0.1) is 0 Å². The van der Waals surface area contributed by atoms with Gasteiger partial charge in [-0.3, -0.25) is 4.79 Å². The van der Waals surface area contributed by atoms with Crippen LogP contribution in [-0.4, -0.2) is 6.29 Å². The number of carbonyl (C=O) groups is 1. The Bertz CT molecular complexity index is 494. The standard InChI is InChI=1S/C15H16OS/c1-11(2)14-5-3-12(4-6-14)7-13-8-15(9-16)17-10-13/h3-6,8-11H,7H2,1-2H3. The van der Waals surface area contributed by atoms with E-state index in [-0.39, 0.29) is 0 Å². The highest BCUT2D eigenvalue weighted by Gasteiger charge is 2.02. The molecule has 0 unspecified atom stereocenters. The predicted octanol–water partition coefficient (Wildman–Crippen LogP) is 4.27. The summed E-state index contributed by atoms with van der Waals surface area (Å²) < 4.78 is 0. The summed E-state index contributed by atoms with van der Waals surface area (Å²) in [5.74, 6) is 0.576. The first kappa shape index (κ1) is 12.1. The minimum absolute atomic E-state index is 0.576. The molecule has 88 valence electrons. The Balaban J connectivity index is 2.10. The lowest BCUT2D eigenvalue weighted by Gasteiger charge is -2.06. The van der Waals surface area contributed by atoms with Crippen LogP contribution in [0.3, 0.4) is 0 Å². The number of aldehydes is 1. The second-order valence-corrected chi connectivity index (χ2v) is 5.49. The first-order valence-corrected chi connectivity index (χ1v) is 6.68. The molecule has 2 rings (SSSR count). The van der Waals surface area contributed by atoms with Crippen molar-refractivity contribution in [3.63, 3.8) is 0 Å². The SMILES string of the molecule is CC(C)c1ccc(Cc2csc(C=O)c2)cc1. The van der Waals surface area contributed by atoms with E-state index in [1.807, 2.05) is 6.07 Å². The van der Waals surface area contributed by atoms with Gasteiger partial charge in [0.15, 0.2) is 6.29 Å². The Morgan fingerprint density at radius 1 is 1.18 bits per heavy atom. The number of benzene rings is 1. The summed E-state index contributed by atoms with van der Waals surface area (Å²) in [6.07, 6.45) is 1.82. The number of rotatable bonds is 4. The zero-order valence-electron chi connectivity index (χ0n) is 10.1. The quantitative estimate of drug-likeness (QED) is 0.734. The van der Waals surface area contributed by atoms with Gasteiger partial charge in [-0.25, -0.2) is 0 Å². The Kier molecular flexibility index (Phi) is 3.75. The maximum atomic E-state index is 10.6. The van der Waals surface area contributed by atoms with Crippen molar-refractivity contribution in [2.45, 2.75) is 26.2 Å². The molecule has 1 aromatic heterocycles. The summed E-state index contributed by atoms with van der Waals surface area (Å²) in [7, 11) is 0. The molecule has 0 spiro atoms. The third kappa shape index (κ3) is 3.04. The molecule has 1 heterocycles. The highest BCUT2D eigenvalue weighted by atomic mass is 32.1. The number of hydrogen-bond acceptors (Lipinski definition) is 2. The molecule has 1 nitrogen and oxygen atoms in total. The zero-order valence-corrected chi connectivity index (χ0v) is 11.0. The van der Waals surface area contributed by atoms with Gasteiger partial charge in [-0.05, 0) is 40.5 Å². The highest BCUT2D eigenvalue weighted by molar-refractivity contribution is 7.11. The largest absolute Gasteiger partial charge is 0.297 e.